The lowest BCUT2D eigenvalue weighted by Crippen LogP contribution is -2.51. The summed E-state index contributed by atoms with van der Waals surface area (Å²) in [4.78, 5) is 15.0. The van der Waals surface area contributed by atoms with Crippen LogP contribution in [-0.2, 0) is 10.0 Å². The van der Waals surface area contributed by atoms with E-state index in [1.54, 1.807) is 4.90 Å². The van der Waals surface area contributed by atoms with Crippen LogP contribution in [0.1, 0.15) is 35.9 Å². The number of nitrogens with zero attached hydrogens (tertiary/aromatic N) is 1. The minimum atomic E-state index is -3.51. The van der Waals surface area contributed by atoms with Crippen LogP contribution in [0.2, 0.25) is 0 Å². The van der Waals surface area contributed by atoms with Gasteiger partial charge in [0.1, 0.15) is 0 Å². The highest BCUT2D eigenvalue weighted by Gasteiger charge is 2.31. The van der Waals surface area contributed by atoms with Crippen molar-refractivity contribution in [1.29, 1.82) is 0 Å². The molecule has 118 valence electrons. The van der Waals surface area contributed by atoms with E-state index in [0.717, 1.165) is 30.6 Å². The van der Waals surface area contributed by atoms with E-state index in [9.17, 15) is 13.2 Å². The highest BCUT2D eigenvalue weighted by molar-refractivity contribution is 7.89. The average Bonchev–Trinajstić information content (AvgIpc) is 2.97. The molecule has 1 fully saturated rings. The standard InChI is InChI=1S/C13H21N3O3S2/c1-9(14)11-5-3-4-6-16(11)13(17)12-7-10(8-20-12)21(18,19)15-2/h7-9,11,15H,3-6,14H2,1-2H3. The van der Waals surface area contributed by atoms with Crippen molar-refractivity contribution in [2.75, 3.05) is 13.6 Å². The first-order valence-corrected chi connectivity index (χ1v) is 9.31. The third-order valence-electron chi connectivity index (χ3n) is 3.78. The Kier molecular flexibility index (Phi) is 5.03. The molecule has 1 aliphatic rings. The van der Waals surface area contributed by atoms with E-state index < -0.39 is 10.0 Å². The van der Waals surface area contributed by atoms with Crippen molar-refractivity contribution in [3.8, 4) is 0 Å². The maximum atomic E-state index is 12.6. The Labute approximate surface area is 129 Å². The summed E-state index contributed by atoms with van der Waals surface area (Å²) in [5, 5.41) is 1.49. The van der Waals surface area contributed by atoms with Crippen LogP contribution in [0, 0.1) is 0 Å². The van der Waals surface area contributed by atoms with Gasteiger partial charge in [0.05, 0.1) is 9.77 Å². The monoisotopic (exact) mass is 331 g/mol. The molecule has 0 aromatic carbocycles. The van der Waals surface area contributed by atoms with Crippen LogP contribution in [0.15, 0.2) is 16.3 Å². The zero-order chi connectivity index (χ0) is 15.6. The first kappa shape index (κ1) is 16.4. The molecule has 21 heavy (non-hydrogen) atoms. The second kappa shape index (κ2) is 6.43. The second-order valence-electron chi connectivity index (χ2n) is 5.28. The minimum absolute atomic E-state index is 0.0257. The number of nitrogens with one attached hydrogen (secondary N) is 1. The van der Waals surface area contributed by atoms with Crippen molar-refractivity contribution >= 4 is 27.3 Å². The molecule has 1 amide bonds. The van der Waals surface area contributed by atoms with Gasteiger partial charge in [-0.15, -0.1) is 11.3 Å². The van der Waals surface area contributed by atoms with Gasteiger partial charge in [0.15, 0.2) is 0 Å². The highest BCUT2D eigenvalue weighted by atomic mass is 32.2. The summed E-state index contributed by atoms with van der Waals surface area (Å²) >= 11 is 1.16. The Morgan fingerprint density at radius 1 is 1.52 bits per heavy atom. The quantitative estimate of drug-likeness (QED) is 0.861. The first-order valence-electron chi connectivity index (χ1n) is 6.95. The van der Waals surface area contributed by atoms with Crippen LogP contribution in [0.25, 0.3) is 0 Å². The molecule has 6 nitrogen and oxygen atoms in total. The van der Waals surface area contributed by atoms with Gasteiger partial charge in [-0.1, -0.05) is 0 Å². The topological polar surface area (TPSA) is 92.5 Å². The van der Waals surface area contributed by atoms with Crippen molar-refractivity contribution in [2.24, 2.45) is 5.73 Å². The number of hydrogen-bond acceptors (Lipinski definition) is 5. The molecule has 0 aliphatic carbocycles. The summed E-state index contributed by atoms with van der Waals surface area (Å²) < 4.78 is 25.7. The Morgan fingerprint density at radius 2 is 2.24 bits per heavy atom. The van der Waals surface area contributed by atoms with E-state index in [4.69, 9.17) is 5.73 Å². The van der Waals surface area contributed by atoms with E-state index in [2.05, 4.69) is 4.72 Å². The van der Waals surface area contributed by atoms with E-state index in [1.165, 1.54) is 18.5 Å². The van der Waals surface area contributed by atoms with Crippen LogP contribution in [0.5, 0.6) is 0 Å². The number of amides is 1. The summed E-state index contributed by atoms with van der Waals surface area (Å²) in [7, 11) is -2.15. The number of carbonyl (C=O) groups excluding carboxylic acids is 1. The van der Waals surface area contributed by atoms with Crippen molar-refractivity contribution in [2.45, 2.75) is 43.2 Å². The van der Waals surface area contributed by atoms with Gasteiger partial charge in [-0.25, -0.2) is 13.1 Å². The zero-order valence-corrected chi connectivity index (χ0v) is 13.8. The molecule has 2 heterocycles. The second-order valence-corrected chi connectivity index (χ2v) is 8.07. The van der Waals surface area contributed by atoms with Crippen LogP contribution in [0.4, 0.5) is 0 Å². The van der Waals surface area contributed by atoms with E-state index in [1.807, 2.05) is 6.92 Å². The molecular weight excluding hydrogens is 310 g/mol. The predicted octanol–water partition coefficient (Wildman–Crippen LogP) is 0.998. The SMILES string of the molecule is CNS(=O)(=O)c1csc(C(=O)N2CCCCC2C(C)N)c1. The molecule has 0 bridgehead atoms. The number of sulfonamides is 1. The number of thiophene rings is 1. The van der Waals surface area contributed by atoms with E-state index >= 15 is 0 Å². The maximum absolute atomic E-state index is 12.6. The van der Waals surface area contributed by atoms with Gasteiger partial charge in [-0.05, 0) is 39.3 Å². The largest absolute Gasteiger partial charge is 0.333 e. The van der Waals surface area contributed by atoms with Crippen LogP contribution in [-0.4, -0.2) is 44.9 Å². The molecule has 8 heteroatoms. The smallest absolute Gasteiger partial charge is 0.264 e. The van der Waals surface area contributed by atoms with Crippen molar-refractivity contribution in [3.05, 3.63) is 16.3 Å². The lowest BCUT2D eigenvalue weighted by atomic mass is 9.97. The fourth-order valence-corrected chi connectivity index (χ4v) is 4.55. The number of carbonyl (C=O) groups is 1. The Balaban J connectivity index is 2.23. The molecule has 1 aromatic rings. The molecule has 2 atom stereocenters. The molecule has 0 saturated carbocycles. The Bertz CT molecular complexity index is 610. The summed E-state index contributed by atoms with van der Waals surface area (Å²) in [6, 6.07) is 1.37. The molecule has 0 radical (unpaired) electrons. The summed E-state index contributed by atoms with van der Waals surface area (Å²) in [6.45, 7) is 2.58. The van der Waals surface area contributed by atoms with Gasteiger partial charge in [0, 0.05) is 24.0 Å². The third kappa shape index (κ3) is 3.45. The van der Waals surface area contributed by atoms with Gasteiger partial charge in [0.25, 0.3) is 5.91 Å². The maximum Gasteiger partial charge on any atom is 0.264 e. The van der Waals surface area contributed by atoms with Gasteiger partial charge in [0.2, 0.25) is 10.0 Å². The van der Waals surface area contributed by atoms with Crippen LogP contribution >= 0.6 is 11.3 Å². The number of piperidine rings is 1. The van der Waals surface area contributed by atoms with Gasteiger partial charge in [-0.3, -0.25) is 4.79 Å². The van der Waals surface area contributed by atoms with E-state index in [0.29, 0.717) is 11.4 Å². The normalized spacial score (nSPS) is 21.3. The van der Waals surface area contributed by atoms with Crippen molar-refractivity contribution < 1.29 is 13.2 Å². The fourth-order valence-electron chi connectivity index (χ4n) is 2.59. The number of hydrogen-bond donors (Lipinski definition) is 2. The molecule has 1 aromatic heterocycles. The number of nitrogens with two attached hydrogens (primary N) is 1. The molecule has 0 spiro atoms. The summed E-state index contributed by atoms with van der Waals surface area (Å²) in [5.74, 6) is -0.125. The molecule has 3 N–H and O–H groups in total. The lowest BCUT2D eigenvalue weighted by molar-refractivity contribution is 0.0588. The van der Waals surface area contributed by atoms with Crippen LogP contribution in [0.3, 0.4) is 0 Å². The molecule has 1 saturated heterocycles. The Morgan fingerprint density at radius 3 is 2.86 bits per heavy atom. The first-order chi connectivity index (χ1) is 9.86. The van der Waals surface area contributed by atoms with Crippen molar-refractivity contribution in [1.82, 2.24) is 9.62 Å². The number of likely N-dealkylation sites (tertiary alicyclic amines) is 1. The van der Waals surface area contributed by atoms with Crippen LogP contribution < -0.4 is 10.5 Å². The third-order valence-corrected chi connectivity index (χ3v) is 6.24. The summed E-state index contributed by atoms with van der Waals surface area (Å²) in [5.41, 5.74) is 5.97. The average molecular weight is 331 g/mol. The zero-order valence-electron chi connectivity index (χ0n) is 12.2. The summed E-state index contributed by atoms with van der Waals surface area (Å²) in [6.07, 6.45) is 2.93. The lowest BCUT2D eigenvalue weighted by Gasteiger charge is -2.37. The minimum Gasteiger partial charge on any atom is -0.333 e. The molecule has 2 rings (SSSR count). The fraction of sp³-hybridized carbons (Fsp3) is 0.615. The van der Waals surface area contributed by atoms with Gasteiger partial charge >= 0.3 is 0 Å². The highest BCUT2D eigenvalue weighted by Crippen LogP contribution is 2.25. The van der Waals surface area contributed by atoms with Gasteiger partial charge < -0.3 is 10.6 Å². The molecule has 1 aliphatic heterocycles. The predicted molar refractivity (Wildman–Crippen MR) is 82.9 cm³/mol. The Hall–Kier alpha value is -0.960. The van der Waals surface area contributed by atoms with Crippen molar-refractivity contribution in [3.63, 3.8) is 0 Å². The number of rotatable bonds is 4. The molecular formula is C13H21N3O3S2. The van der Waals surface area contributed by atoms with E-state index in [-0.39, 0.29) is 22.9 Å². The van der Waals surface area contributed by atoms with Gasteiger partial charge in [-0.2, -0.15) is 0 Å². The molecule has 2 unspecified atom stereocenters.